The summed E-state index contributed by atoms with van der Waals surface area (Å²) in [6.45, 7) is 6.12. The number of ether oxygens (including phenoxy) is 2. The first-order valence-electron chi connectivity index (χ1n) is 6.30. The van der Waals surface area contributed by atoms with Crippen molar-refractivity contribution in [2.45, 2.75) is 52.6 Å². The molecule has 0 bridgehead atoms. The Morgan fingerprint density at radius 2 is 1.83 bits per heavy atom. The molecule has 0 aromatic rings. The van der Waals surface area contributed by atoms with Gasteiger partial charge in [-0.1, -0.05) is 26.2 Å². The molecule has 18 heavy (non-hydrogen) atoms. The van der Waals surface area contributed by atoms with E-state index in [1.807, 2.05) is 6.92 Å². The maximum Gasteiger partial charge on any atom is 0.307 e. The van der Waals surface area contributed by atoms with Crippen molar-refractivity contribution in [3.63, 3.8) is 0 Å². The zero-order valence-electron chi connectivity index (χ0n) is 11.4. The van der Waals surface area contributed by atoms with Crippen LogP contribution in [0.1, 0.15) is 46.5 Å². The highest BCUT2D eigenvalue weighted by atomic mass is 16.5. The van der Waals surface area contributed by atoms with Crippen LogP contribution in [-0.4, -0.2) is 24.6 Å². The Bertz CT molecular complexity index is 303. The molecular formula is C14H22O4. The minimum absolute atomic E-state index is 0.00696. The van der Waals surface area contributed by atoms with Crippen molar-refractivity contribution in [1.82, 2.24) is 0 Å². The molecule has 2 unspecified atom stereocenters. The number of carbonyl (C=O) groups is 2. The molecule has 0 radical (unpaired) electrons. The van der Waals surface area contributed by atoms with Gasteiger partial charge < -0.3 is 9.47 Å². The maximum atomic E-state index is 11.3. The minimum atomic E-state index is -0.557. The van der Waals surface area contributed by atoms with Crippen molar-refractivity contribution in [3.8, 4) is 12.3 Å². The van der Waals surface area contributed by atoms with Gasteiger partial charge in [-0.05, 0) is 19.3 Å². The van der Waals surface area contributed by atoms with Gasteiger partial charge >= 0.3 is 11.9 Å². The van der Waals surface area contributed by atoms with E-state index in [2.05, 4.69) is 12.8 Å². The Hall–Kier alpha value is -1.50. The van der Waals surface area contributed by atoms with Crippen LogP contribution >= 0.6 is 0 Å². The van der Waals surface area contributed by atoms with Crippen molar-refractivity contribution in [2.75, 3.05) is 6.61 Å². The minimum Gasteiger partial charge on any atom is -0.465 e. The largest absolute Gasteiger partial charge is 0.465 e. The predicted octanol–water partition coefficient (Wildman–Crippen LogP) is 2.31. The molecule has 0 N–H and O–H groups in total. The predicted molar refractivity (Wildman–Crippen MR) is 68.7 cm³/mol. The SMILES string of the molecule is C#CC(C)OC(=O)CCC(=O)OCC(C)CCC. The fourth-order valence-corrected chi connectivity index (χ4v) is 1.38. The van der Waals surface area contributed by atoms with E-state index in [1.54, 1.807) is 6.92 Å². The third kappa shape index (κ3) is 8.63. The van der Waals surface area contributed by atoms with Crippen LogP contribution in [0.3, 0.4) is 0 Å². The molecule has 2 atom stereocenters. The highest BCUT2D eigenvalue weighted by molar-refractivity contribution is 5.77. The lowest BCUT2D eigenvalue weighted by Gasteiger charge is -2.11. The Kier molecular flexibility index (Phi) is 8.73. The summed E-state index contributed by atoms with van der Waals surface area (Å²) in [6.07, 6.45) is 6.64. The van der Waals surface area contributed by atoms with E-state index in [-0.39, 0.29) is 18.8 Å². The molecular weight excluding hydrogens is 232 g/mol. The van der Waals surface area contributed by atoms with Crippen LogP contribution in [0.5, 0.6) is 0 Å². The van der Waals surface area contributed by atoms with Crippen molar-refractivity contribution < 1.29 is 19.1 Å². The van der Waals surface area contributed by atoms with Gasteiger partial charge in [0.15, 0.2) is 6.10 Å². The van der Waals surface area contributed by atoms with Crippen molar-refractivity contribution in [3.05, 3.63) is 0 Å². The monoisotopic (exact) mass is 254 g/mol. The molecule has 0 aliphatic rings. The quantitative estimate of drug-likeness (QED) is 0.492. The summed E-state index contributed by atoms with van der Waals surface area (Å²) in [5.74, 6) is 1.79. The van der Waals surface area contributed by atoms with Gasteiger partial charge in [0.1, 0.15) is 0 Å². The lowest BCUT2D eigenvalue weighted by Crippen LogP contribution is -2.16. The average molecular weight is 254 g/mol. The maximum absolute atomic E-state index is 11.3. The lowest BCUT2D eigenvalue weighted by molar-refractivity contribution is -0.152. The van der Waals surface area contributed by atoms with Crippen LogP contribution in [-0.2, 0) is 19.1 Å². The zero-order valence-corrected chi connectivity index (χ0v) is 11.4. The van der Waals surface area contributed by atoms with Crippen molar-refractivity contribution in [1.29, 1.82) is 0 Å². The molecule has 4 heteroatoms. The van der Waals surface area contributed by atoms with Crippen LogP contribution in [0.2, 0.25) is 0 Å². The molecule has 0 saturated heterocycles. The zero-order chi connectivity index (χ0) is 14.0. The van der Waals surface area contributed by atoms with Crippen LogP contribution in [0.4, 0.5) is 0 Å². The van der Waals surface area contributed by atoms with Crippen LogP contribution in [0.15, 0.2) is 0 Å². The Morgan fingerprint density at radius 1 is 1.22 bits per heavy atom. The van der Waals surface area contributed by atoms with E-state index in [9.17, 15) is 9.59 Å². The molecule has 102 valence electrons. The standard InChI is InChI=1S/C14H22O4/c1-5-7-11(3)10-17-13(15)8-9-14(16)18-12(4)6-2/h2,11-12H,5,7-10H2,1,3-4H3. The lowest BCUT2D eigenvalue weighted by atomic mass is 10.1. The van der Waals surface area contributed by atoms with Gasteiger partial charge in [0.25, 0.3) is 0 Å². The molecule has 0 rings (SSSR count). The number of esters is 2. The second-order valence-corrected chi connectivity index (χ2v) is 4.38. The second-order valence-electron chi connectivity index (χ2n) is 4.38. The summed E-state index contributed by atoms with van der Waals surface area (Å²) in [5, 5.41) is 0. The third-order valence-corrected chi connectivity index (χ3v) is 2.39. The summed E-state index contributed by atoms with van der Waals surface area (Å²) < 4.78 is 9.88. The van der Waals surface area contributed by atoms with E-state index >= 15 is 0 Å². The molecule has 0 aliphatic carbocycles. The average Bonchev–Trinajstić information content (AvgIpc) is 2.34. The Labute approximate surface area is 109 Å². The van der Waals surface area contributed by atoms with Gasteiger partial charge in [-0.15, -0.1) is 6.42 Å². The highest BCUT2D eigenvalue weighted by Crippen LogP contribution is 2.06. The normalized spacial score (nSPS) is 13.2. The van der Waals surface area contributed by atoms with Gasteiger partial charge in [0.2, 0.25) is 0 Å². The molecule has 0 amide bonds. The second kappa shape index (κ2) is 9.52. The Morgan fingerprint density at radius 3 is 2.39 bits per heavy atom. The van der Waals surface area contributed by atoms with E-state index < -0.39 is 12.1 Å². The molecule has 0 heterocycles. The first-order chi connectivity index (χ1) is 8.49. The molecule has 0 aromatic heterocycles. The molecule has 0 spiro atoms. The number of hydrogen-bond donors (Lipinski definition) is 0. The highest BCUT2D eigenvalue weighted by Gasteiger charge is 2.12. The van der Waals surface area contributed by atoms with E-state index in [0.717, 1.165) is 12.8 Å². The topological polar surface area (TPSA) is 52.6 Å². The molecule has 0 saturated carbocycles. The molecule has 0 aliphatic heterocycles. The van der Waals surface area contributed by atoms with Crippen molar-refractivity contribution >= 4 is 11.9 Å². The number of rotatable bonds is 8. The molecule has 0 aromatic carbocycles. The fraction of sp³-hybridized carbons (Fsp3) is 0.714. The van der Waals surface area contributed by atoms with E-state index in [4.69, 9.17) is 15.9 Å². The van der Waals surface area contributed by atoms with Crippen LogP contribution in [0.25, 0.3) is 0 Å². The molecule has 4 nitrogen and oxygen atoms in total. The van der Waals surface area contributed by atoms with Gasteiger partial charge in [-0.3, -0.25) is 9.59 Å². The summed E-state index contributed by atoms with van der Waals surface area (Å²) >= 11 is 0. The molecule has 0 fully saturated rings. The first kappa shape index (κ1) is 16.5. The van der Waals surface area contributed by atoms with Crippen LogP contribution < -0.4 is 0 Å². The van der Waals surface area contributed by atoms with Gasteiger partial charge in [0.05, 0.1) is 19.4 Å². The van der Waals surface area contributed by atoms with Gasteiger partial charge in [-0.2, -0.15) is 0 Å². The number of terminal acetylenes is 1. The summed E-state index contributed by atoms with van der Waals surface area (Å²) in [5.41, 5.74) is 0. The number of carbonyl (C=O) groups excluding carboxylic acids is 2. The first-order valence-corrected chi connectivity index (χ1v) is 6.30. The fourth-order valence-electron chi connectivity index (χ4n) is 1.38. The Balaban J connectivity index is 3.71. The van der Waals surface area contributed by atoms with Crippen molar-refractivity contribution in [2.24, 2.45) is 5.92 Å². The summed E-state index contributed by atoms with van der Waals surface area (Å²) in [6, 6.07) is 0. The van der Waals surface area contributed by atoms with E-state index in [1.165, 1.54) is 0 Å². The van der Waals surface area contributed by atoms with Crippen LogP contribution in [0, 0.1) is 18.3 Å². The van der Waals surface area contributed by atoms with E-state index in [0.29, 0.717) is 12.5 Å². The van der Waals surface area contributed by atoms with Gasteiger partial charge in [-0.25, -0.2) is 0 Å². The van der Waals surface area contributed by atoms with Gasteiger partial charge in [0, 0.05) is 0 Å². The summed E-state index contributed by atoms with van der Waals surface area (Å²) in [4.78, 5) is 22.6. The summed E-state index contributed by atoms with van der Waals surface area (Å²) in [7, 11) is 0. The smallest absolute Gasteiger partial charge is 0.307 e. The number of hydrogen-bond acceptors (Lipinski definition) is 4. The third-order valence-electron chi connectivity index (χ3n) is 2.39.